The van der Waals surface area contributed by atoms with E-state index >= 15 is 0 Å². The van der Waals surface area contributed by atoms with Gasteiger partial charge in [0.05, 0.1) is 7.11 Å². The fraction of sp³-hybridized carbons (Fsp3) is 0.562. The summed E-state index contributed by atoms with van der Waals surface area (Å²) in [5.74, 6) is -0.116. The lowest BCUT2D eigenvalue weighted by atomic mass is 9.97. The van der Waals surface area contributed by atoms with Crippen molar-refractivity contribution in [2.45, 2.75) is 48.3 Å². The number of esters is 1. The first kappa shape index (κ1) is 16.8. The molecule has 1 aliphatic carbocycles. The Morgan fingerprint density at radius 1 is 1.48 bits per heavy atom. The highest BCUT2D eigenvalue weighted by molar-refractivity contribution is 9.10. The number of thioether (sulfide) groups is 1. The average Bonchev–Trinajstić information content (AvgIpc) is 2.91. The molecule has 21 heavy (non-hydrogen) atoms. The van der Waals surface area contributed by atoms with Crippen molar-refractivity contribution in [1.29, 1.82) is 0 Å². The molecule has 3 nitrogen and oxygen atoms in total. The van der Waals surface area contributed by atoms with Crippen molar-refractivity contribution in [3.63, 3.8) is 0 Å². The number of carbonyl (C=O) groups is 1. The number of benzene rings is 1. The summed E-state index contributed by atoms with van der Waals surface area (Å²) in [4.78, 5) is 13.4. The smallest absolute Gasteiger partial charge is 0.326 e. The quantitative estimate of drug-likeness (QED) is 0.766. The lowest BCUT2D eigenvalue weighted by Gasteiger charge is -2.27. The Balaban J connectivity index is 2.01. The van der Waals surface area contributed by atoms with Gasteiger partial charge in [-0.1, -0.05) is 22.9 Å². The highest BCUT2D eigenvalue weighted by Gasteiger charge is 2.46. The second-order valence-electron chi connectivity index (χ2n) is 5.44. The van der Waals surface area contributed by atoms with E-state index in [1.54, 1.807) is 0 Å². The number of hydrogen-bond acceptors (Lipinski definition) is 4. The first-order chi connectivity index (χ1) is 10.1. The normalized spacial score (nSPS) is 25.0. The molecule has 2 rings (SSSR count). The number of methoxy groups -OCH3 is 1. The molecule has 2 atom stereocenters. The van der Waals surface area contributed by atoms with Gasteiger partial charge in [-0.05, 0) is 56.5 Å². The number of rotatable bonds is 6. The molecular weight excluding hydrogens is 350 g/mol. The maximum Gasteiger partial charge on any atom is 0.326 e. The molecule has 0 spiro atoms. The zero-order valence-corrected chi connectivity index (χ0v) is 14.9. The number of halogens is 1. The molecule has 1 aromatic rings. The van der Waals surface area contributed by atoms with Gasteiger partial charge in [0.2, 0.25) is 0 Å². The molecule has 5 heteroatoms. The van der Waals surface area contributed by atoms with E-state index in [1.165, 1.54) is 12.0 Å². The van der Waals surface area contributed by atoms with Gasteiger partial charge in [0.1, 0.15) is 5.54 Å². The van der Waals surface area contributed by atoms with Crippen molar-refractivity contribution in [1.82, 2.24) is 5.32 Å². The molecule has 2 unspecified atom stereocenters. The lowest BCUT2D eigenvalue weighted by molar-refractivity contribution is -0.148. The van der Waals surface area contributed by atoms with E-state index in [4.69, 9.17) is 4.74 Å². The molecule has 1 saturated carbocycles. The third-order valence-corrected chi connectivity index (χ3v) is 5.68. The second kappa shape index (κ2) is 7.65. The van der Waals surface area contributed by atoms with E-state index < -0.39 is 5.54 Å². The van der Waals surface area contributed by atoms with Crippen molar-refractivity contribution < 1.29 is 9.53 Å². The van der Waals surface area contributed by atoms with Crippen LogP contribution < -0.4 is 5.32 Å². The fourth-order valence-corrected chi connectivity index (χ4v) is 4.33. The average molecular weight is 372 g/mol. The Bertz CT molecular complexity index is 480. The van der Waals surface area contributed by atoms with E-state index in [9.17, 15) is 4.79 Å². The van der Waals surface area contributed by atoms with Crippen LogP contribution in [-0.4, -0.2) is 30.4 Å². The van der Waals surface area contributed by atoms with Crippen LogP contribution in [0.2, 0.25) is 0 Å². The van der Waals surface area contributed by atoms with Crippen molar-refractivity contribution >= 4 is 33.7 Å². The third-order valence-electron chi connectivity index (χ3n) is 3.88. The van der Waals surface area contributed by atoms with Gasteiger partial charge in [0.15, 0.2) is 0 Å². The zero-order valence-electron chi connectivity index (χ0n) is 12.5. The van der Waals surface area contributed by atoms with Crippen molar-refractivity contribution in [3.05, 3.63) is 28.7 Å². The van der Waals surface area contributed by atoms with Gasteiger partial charge < -0.3 is 10.1 Å². The summed E-state index contributed by atoms with van der Waals surface area (Å²) in [5.41, 5.74) is -0.488. The monoisotopic (exact) mass is 371 g/mol. The van der Waals surface area contributed by atoms with Gasteiger partial charge in [-0.3, -0.25) is 4.79 Å². The largest absolute Gasteiger partial charge is 0.468 e. The Hall–Kier alpha value is -0.520. The molecule has 0 bridgehead atoms. The van der Waals surface area contributed by atoms with Gasteiger partial charge in [0, 0.05) is 14.6 Å². The Kier molecular flexibility index (Phi) is 6.14. The van der Waals surface area contributed by atoms with Crippen LogP contribution >= 0.6 is 27.7 Å². The van der Waals surface area contributed by atoms with Crippen LogP contribution in [0.3, 0.4) is 0 Å². The molecular formula is C16H22BrNO2S. The first-order valence-corrected chi connectivity index (χ1v) is 9.02. The fourth-order valence-electron chi connectivity index (χ4n) is 2.78. The van der Waals surface area contributed by atoms with Gasteiger partial charge in [-0.15, -0.1) is 11.8 Å². The molecule has 1 aliphatic rings. The Morgan fingerprint density at radius 2 is 2.19 bits per heavy atom. The van der Waals surface area contributed by atoms with Gasteiger partial charge >= 0.3 is 5.97 Å². The molecule has 0 amide bonds. The molecule has 1 N–H and O–H groups in total. The number of nitrogens with one attached hydrogen (secondary N) is 1. The van der Waals surface area contributed by atoms with E-state index in [1.807, 2.05) is 11.8 Å². The number of hydrogen-bond donors (Lipinski definition) is 1. The van der Waals surface area contributed by atoms with Crippen molar-refractivity contribution in [2.75, 3.05) is 13.7 Å². The predicted octanol–water partition coefficient (Wildman–Crippen LogP) is 4.01. The molecule has 0 saturated heterocycles. The Labute approximate surface area is 139 Å². The van der Waals surface area contributed by atoms with E-state index in [0.29, 0.717) is 5.25 Å². The van der Waals surface area contributed by atoms with Gasteiger partial charge in [0.25, 0.3) is 0 Å². The standard InChI is InChI=1S/C16H22BrNO2S/c1-3-10-18-16(15(19)20-2)9-8-14(11-16)21-13-6-4-12(17)5-7-13/h4-7,14,18H,3,8-11H2,1-2H3. The zero-order chi connectivity index (χ0) is 15.3. The second-order valence-corrected chi connectivity index (χ2v) is 7.73. The minimum absolute atomic E-state index is 0.116. The van der Waals surface area contributed by atoms with Crippen LogP contribution in [0, 0.1) is 0 Å². The number of carbonyl (C=O) groups excluding carboxylic acids is 1. The third kappa shape index (κ3) is 4.24. The highest BCUT2D eigenvalue weighted by Crippen LogP contribution is 2.41. The Morgan fingerprint density at radius 3 is 2.81 bits per heavy atom. The summed E-state index contributed by atoms with van der Waals surface area (Å²) < 4.78 is 6.12. The first-order valence-electron chi connectivity index (χ1n) is 7.35. The summed E-state index contributed by atoms with van der Waals surface area (Å²) in [6.45, 7) is 2.96. The SMILES string of the molecule is CCCNC1(C(=O)OC)CCC(Sc2ccc(Br)cc2)C1. The highest BCUT2D eigenvalue weighted by atomic mass is 79.9. The minimum atomic E-state index is -0.488. The molecule has 1 fully saturated rings. The molecule has 116 valence electrons. The van der Waals surface area contributed by atoms with Gasteiger partial charge in [-0.25, -0.2) is 0 Å². The van der Waals surface area contributed by atoms with Gasteiger partial charge in [-0.2, -0.15) is 0 Å². The molecule has 0 heterocycles. The summed E-state index contributed by atoms with van der Waals surface area (Å²) in [6.07, 6.45) is 3.74. The maximum absolute atomic E-state index is 12.2. The molecule has 0 radical (unpaired) electrons. The summed E-state index contributed by atoms with van der Waals surface area (Å²) in [6, 6.07) is 8.35. The molecule has 0 aromatic heterocycles. The predicted molar refractivity (Wildman–Crippen MR) is 90.7 cm³/mol. The maximum atomic E-state index is 12.2. The van der Waals surface area contributed by atoms with Crippen LogP contribution in [0.5, 0.6) is 0 Å². The molecule has 0 aliphatic heterocycles. The topological polar surface area (TPSA) is 38.3 Å². The van der Waals surface area contributed by atoms with E-state index in [0.717, 1.165) is 36.7 Å². The summed E-state index contributed by atoms with van der Waals surface area (Å²) in [5, 5.41) is 3.88. The van der Waals surface area contributed by atoms with Crippen LogP contribution in [-0.2, 0) is 9.53 Å². The van der Waals surface area contributed by atoms with Crippen LogP contribution in [0.1, 0.15) is 32.6 Å². The lowest BCUT2D eigenvalue weighted by Crippen LogP contribution is -2.51. The van der Waals surface area contributed by atoms with E-state index in [-0.39, 0.29) is 5.97 Å². The van der Waals surface area contributed by atoms with Crippen molar-refractivity contribution in [2.24, 2.45) is 0 Å². The van der Waals surface area contributed by atoms with Crippen LogP contribution in [0.4, 0.5) is 0 Å². The molecule has 1 aromatic carbocycles. The van der Waals surface area contributed by atoms with Crippen LogP contribution in [0.15, 0.2) is 33.6 Å². The van der Waals surface area contributed by atoms with Crippen LogP contribution in [0.25, 0.3) is 0 Å². The summed E-state index contributed by atoms with van der Waals surface area (Å²) in [7, 11) is 1.48. The number of ether oxygens (including phenoxy) is 1. The van der Waals surface area contributed by atoms with Crippen molar-refractivity contribution in [3.8, 4) is 0 Å². The summed E-state index contributed by atoms with van der Waals surface area (Å²) >= 11 is 5.31. The van der Waals surface area contributed by atoms with E-state index in [2.05, 4.69) is 52.4 Å². The minimum Gasteiger partial charge on any atom is -0.468 e.